The Labute approximate surface area is 307 Å². The highest BCUT2D eigenvalue weighted by atomic mass is 15.0. The van der Waals surface area contributed by atoms with E-state index in [2.05, 4.69) is 203 Å². The summed E-state index contributed by atoms with van der Waals surface area (Å²) >= 11 is 0. The summed E-state index contributed by atoms with van der Waals surface area (Å²) in [6.07, 6.45) is 0. The fourth-order valence-corrected chi connectivity index (χ4v) is 9.11. The van der Waals surface area contributed by atoms with E-state index < -0.39 is 0 Å². The molecule has 0 unspecified atom stereocenters. The van der Waals surface area contributed by atoms with Gasteiger partial charge in [-0.3, -0.25) is 0 Å². The van der Waals surface area contributed by atoms with Crippen LogP contribution >= 0.6 is 0 Å². The Hall–Kier alpha value is -6.84. The van der Waals surface area contributed by atoms with Gasteiger partial charge in [0.15, 0.2) is 0 Å². The van der Waals surface area contributed by atoms with Gasteiger partial charge in [-0.25, -0.2) is 0 Å². The van der Waals surface area contributed by atoms with Gasteiger partial charge < -0.3 is 13.7 Å². The van der Waals surface area contributed by atoms with E-state index in [1.54, 1.807) is 0 Å². The molecule has 3 heterocycles. The van der Waals surface area contributed by atoms with Crippen LogP contribution in [0.15, 0.2) is 176 Å². The van der Waals surface area contributed by atoms with Crippen LogP contribution in [0.2, 0.25) is 0 Å². The number of fused-ring (bicyclic) bond motifs is 9. The first-order chi connectivity index (χ1) is 26.2. The standard InChI is InChI=1S/C50H35N3/c1-32-48-41-21-11-14-24-45(41)53(38-29-30-46-42(31-38)39-19-9-12-22-43(39)51(46)36-17-7-4-8-18-36)50(48)33(2)47-40-20-10-13-23-44(40)52(49(32)47)37-27-25-35(26-28-37)34-15-5-3-6-16-34/h3-31H,1-2H3. The zero-order valence-electron chi connectivity index (χ0n) is 29.6. The summed E-state index contributed by atoms with van der Waals surface area (Å²) in [6, 6.07) is 64.0. The van der Waals surface area contributed by atoms with Gasteiger partial charge in [0, 0.05) is 49.4 Å². The lowest BCUT2D eigenvalue weighted by Crippen LogP contribution is -1.99. The van der Waals surface area contributed by atoms with E-state index in [1.165, 1.54) is 105 Å². The topological polar surface area (TPSA) is 14.8 Å². The lowest BCUT2D eigenvalue weighted by Gasteiger charge is -2.15. The number of rotatable bonds is 4. The Morgan fingerprint density at radius 3 is 1.32 bits per heavy atom. The van der Waals surface area contributed by atoms with Crippen LogP contribution in [-0.2, 0) is 0 Å². The summed E-state index contributed by atoms with van der Waals surface area (Å²) < 4.78 is 7.39. The zero-order valence-corrected chi connectivity index (χ0v) is 29.6. The maximum Gasteiger partial charge on any atom is 0.0580 e. The number of nitrogens with zero attached hydrogens (tertiary/aromatic N) is 3. The van der Waals surface area contributed by atoms with Crippen molar-refractivity contribution in [3.8, 4) is 28.2 Å². The van der Waals surface area contributed by atoms with Crippen LogP contribution in [0.4, 0.5) is 0 Å². The fourth-order valence-electron chi connectivity index (χ4n) is 9.11. The third-order valence-corrected chi connectivity index (χ3v) is 11.4. The summed E-state index contributed by atoms with van der Waals surface area (Å²) in [5.74, 6) is 0. The molecule has 3 aromatic heterocycles. The molecule has 0 aliphatic carbocycles. The largest absolute Gasteiger partial charge is 0.309 e. The fraction of sp³-hybridized carbons (Fsp3) is 0.0400. The van der Waals surface area contributed by atoms with Crippen molar-refractivity contribution in [1.82, 2.24) is 13.7 Å². The van der Waals surface area contributed by atoms with Crippen molar-refractivity contribution in [2.24, 2.45) is 0 Å². The Morgan fingerprint density at radius 1 is 0.302 bits per heavy atom. The first kappa shape index (κ1) is 29.8. The summed E-state index contributed by atoms with van der Waals surface area (Å²) in [4.78, 5) is 0. The molecule has 0 saturated heterocycles. The molecule has 0 radical (unpaired) electrons. The van der Waals surface area contributed by atoms with Crippen molar-refractivity contribution < 1.29 is 0 Å². The van der Waals surface area contributed by atoms with Gasteiger partial charge in [-0.05, 0) is 96.8 Å². The van der Waals surface area contributed by atoms with Crippen LogP contribution in [0, 0.1) is 13.8 Å². The van der Waals surface area contributed by atoms with Gasteiger partial charge in [0.1, 0.15) is 0 Å². The highest BCUT2D eigenvalue weighted by Crippen LogP contribution is 2.45. The van der Waals surface area contributed by atoms with Crippen LogP contribution < -0.4 is 0 Å². The minimum Gasteiger partial charge on any atom is -0.309 e. The Bertz CT molecular complexity index is 3210. The van der Waals surface area contributed by atoms with Crippen LogP contribution in [0.25, 0.3) is 93.6 Å². The zero-order chi connectivity index (χ0) is 35.2. The van der Waals surface area contributed by atoms with E-state index in [0.29, 0.717) is 0 Å². The SMILES string of the molecule is Cc1c2c3ccccc3n(-c3ccc4c(c3)c3ccccc3n4-c3ccccc3)c2c(C)c2c3ccccc3n(-c3ccc(-c4ccccc4)cc3)c12. The lowest BCUT2D eigenvalue weighted by molar-refractivity contribution is 1.16. The third kappa shape index (κ3) is 4.22. The second kappa shape index (κ2) is 11.3. The van der Waals surface area contributed by atoms with Crippen molar-refractivity contribution in [2.75, 3.05) is 0 Å². The summed E-state index contributed by atoms with van der Waals surface area (Å²) in [5, 5.41) is 7.67. The smallest absolute Gasteiger partial charge is 0.0580 e. The Balaban J connectivity index is 1.22. The second-order valence-electron chi connectivity index (χ2n) is 14.2. The maximum absolute atomic E-state index is 2.52. The summed E-state index contributed by atoms with van der Waals surface area (Å²) in [7, 11) is 0. The predicted octanol–water partition coefficient (Wildman–Crippen LogP) is 13.3. The Morgan fingerprint density at radius 2 is 0.717 bits per heavy atom. The molecule has 0 atom stereocenters. The van der Waals surface area contributed by atoms with E-state index in [-0.39, 0.29) is 0 Å². The second-order valence-corrected chi connectivity index (χ2v) is 14.2. The van der Waals surface area contributed by atoms with Crippen LogP contribution in [0.5, 0.6) is 0 Å². The summed E-state index contributed by atoms with van der Waals surface area (Å²) in [6.45, 7) is 4.65. The monoisotopic (exact) mass is 677 g/mol. The molecule has 0 N–H and O–H groups in total. The lowest BCUT2D eigenvalue weighted by atomic mass is 9.98. The van der Waals surface area contributed by atoms with Crippen molar-refractivity contribution in [1.29, 1.82) is 0 Å². The molecule has 0 bridgehead atoms. The number of benzene rings is 8. The number of para-hydroxylation sites is 4. The highest BCUT2D eigenvalue weighted by molar-refractivity contribution is 6.23. The average molecular weight is 678 g/mol. The third-order valence-electron chi connectivity index (χ3n) is 11.4. The van der Waals surface area contributed by atoms with Crippen molar-refractivity contribution in [2.45, 2.75) is 13.8 Å². The van der Waals surface area contributed by atoms with Gasteiger partial charge in [-0.15, -0.1) is 0 Å². The van der Waals surface area contributed by atoms with E-state index in [1.807, 2.05) is 0 Å². The Kier molecular flexibility index (Phi) is 6.38. The van der Waals surface area contributed by atoms with E-state index in [0.717, 1.165) is 0 Å². The van der Waals surface area contributed by atoms with Gasteiger partial charge in [0.05, 0.1) is 33.1 Å². The first-order valence-corrected chi connectivity index (χ1v) is 18.4. The van der Waals surface area contributed by atoms with Gasteiger partial charge in [-0.2, -0.15) is 0 Å². The molecule has 0 saturated carbocycles. The minimum atomic E-state index is 1.17. The van der Waals surface area contributed by atoms with Crippen LogP contribution in [0.1, 0.15) is 11.1 Å². The molecule has 53 heavy (non-hydrogen) atoms. The minimum absolute atomic E-state index is 1.17. The maximum atomic E-state index is 2.52. The molecule has 8 aromatic carbocycles. The molecule has 0 spiro atoms. The molecule has 0 aliphatic heterocycles. The molecule has 3 heteroatoms. The van der Waals surface area contributed by atoms with Gasteiger partial charge in [-0.1, -0.05) is 115 Å². The predicted molar refractivity (Wildman–Crippen MR) is 224 cm³/mol. The molecule has 0 amide bonds. The van der Waals surface area contributed by atoms with Gasteiger partial charge >= 0.3 is 0 Å². The first-order valence-electron chi connectivity index (χ1n) is 18.4. The normalized spacial score (nSPS) is 12.0. The molecule has 11 aromatic rings. The van der Waals surface area contributed by atoms with Gasteiger partial charge in [0.2, 0.25) is 0 Å². The van der Waals surface area contributed by atoms with E-state index in [4.69, 9.17) is 0 Å². The number of hydrogen-bond acceptors (Lipinski definition) is 0. The van der Waals surface area contributed by atoms with E-state index >= 15 is 0 Å². The summed E-state index contributed by atoms with van der Waals surface area (Å²) in [5.41, 5.74) is 15.9. The molecule has 250 valence electrons. The molecule has 3 nitrogen and oxygen atoms in total. The van der Waals surface area contributed by atoms with Crippen LogP contribution in [-0.4, -0.2) is 13.7 Å². The van der Waals surface area contributed by atoms with Crippen molar-refractivity contribution >= 4 is 65.4 Å². The number of aryl methyl sites for hydroxylation is 2. The molecule has 0 fully saturated rings. The van der Waals surface area contributed by atoms with Crippen molar-refractivity contribution in [3.63, 3.8) is 0 Å². The van der Waals surface area contributed by atoms with Crippen LogP contribution in [0.3, 0.4) is 0 Å². The quantitative estimate of drug-likeness (QED) is 0.176. The molecule has 11 rings (SSSR count). The highest BCUT2D eigenvalue weighted by Gasteiger charge is 2.24. The molecular formula is C50H35N3. The molecular weight excluding hydrogens is 643 g/mol. The number of aromatic nitrogens is 3. The number of hydrogen-bond donors (Lipinski definition) is 0. The van der Waals surface area contributed by atoms with Crippen molar-refractivity contribution in [3.05, 3.63) is 187 Å². The van der Waals surface area contributed by atoms with Gasteiger partial charge in [0.25, 0.3) is 0 Å². The van der Waals surface area contributed by atoms with E-state index in [9.17, 15) is 0 Å². The average Bonchev–Trinajstić information content (AvgIpc) is 3.87. The molecule has 0 aliphatic rings.